The predicted molar refractivity (Wildman–Crippen MR) is 100 cm³/mol. The maximum Gasteiger partial charge on any atom is 0.331 e. The Labute approximate surface area is 167 Å². The van der Waals surface area contributed by atoms with Crippen molar-refractivity contribution in [2.24, 2.45) is 5.92 Å². The molecule has 0 unspecified atom stereocenters. The number of carbonyl (C=O) groups is 3. The van der Waals surface area contributed by atoms with Crippen LogP contribution in [0.4, 0.5) is 10.2 Å². The first-order valence-electron chi connectivity index (χ1n) is 9.56. The molecule has 0 radical (unpaired) electrons. The molecule has 1 fully saturated rings. The fraction of sp³-hybridized carbons (Fsp3) is 0.556. The highest BCUT2D eigenvalue weighted by atomic mass is 19.1. The minimum absolute atomic E-state index is 0.117. The zero-order valence-corrected chi connectivity index (χ0v) is 16.2. The number of aromatic nitrogens is 1. The summed E-state index contributed by atoms with van der Waals surface area (Å²) in [4.78, 5) is 40.5. The molecule has 1 saturated heterocycles. The number of hydrogen-bond donors (Lipinski definition) is 3. The number of nitrogens with zero attached hydrogens (tertiary/aromatic N) is 2. The van der Waals surface area contributed by atoms with Gasteiger partial charge < -0.3 is 10.0 Å². The first kappa shape index (κ1) is 22.5. The van der Waals surface area contributed by atoms with Crippen LogP contribution in [0.5, 0.6) is 0 Å². The highest BCUT2D eigenvalue weighted by Crippen LogP contribution is 2.18. The molecule has 2 amide bonds. The lowest BCUT2D eigenvalue weighted by atomic mass is 9.99. The van der Waals surface area contributed by atoms with Crippen molar-refractivity contribution >= 4 is 24.1 Å². The summed E-state index contributed by atoms with van der Waals surface area (Å²) in [5.41, 5.74) is 5.34. The van der Waals surface area contributed by atoms with E-state index in [1.54, 1.807) is 0 Å². The standard InChI is InChI=1S/C18H26FN5O5/c1-2-3-4-5-13(10-21-29-12-25)18(27)24-15(8-9-20-24)17(26)22-16-7-6-14(19)11-23(16)28/h6-7,11-13,15,20-21H,2-5,8-10H2,1H3,(H,22,26)/t13-,15+/m1/s1. The third-order valence-corrected chi connectivity index (χ3v) is 4.65. The number of nitrogens with one attached hydrogen (secondary N) is 3. The fourth-order valence-corrected chi connectivity index (χ4v) is 3.14. The largest absolute Gasteiger partial charge is 0.711 e. The SMILES string of the molecule is CCCCC[C@H](CNOC=O)C(=O)N1NCC[C@H]1C(=O)Nc1ccc(F)c[n+]1[O-]. The summed E-state index contributed by atoms with van der Waals surface area (Å²) in [5, 5.41) is 15.4. The third-order valence-electron chi connectivity index (χ3n) is 4.65. The molecular weight excluding hydrogens is 385 g/mol. The lowest BCUT2D eigenvalue weighted by Crippen LogP contribution is -2.52. The van der Waals surface area contributed by atoms with Gasteiger partial charge in [-0.25, -0.2) is 24.7 Å². The van der Waals surface area contributed by atoms with Crippen LogP contribution in [0.2, 0.25) is 0 Å². The highest BCUT2D eigenvalue weighted by molar-refractivity contribution is 5.96. The summed E-state index contributed by atoms with van der Waals surface area (Å²) >= 11 is 0. The summed E-state index contributed by atoms with van der Waals surface area (Å²) < 4.78 is 13.3. The van der Waals surface area contributed by atoms with Gasteiger partial charge in [0.05, 0.1) is 5.92 Å². The van der Waals surface area contributed by atoms with Crippen LogP contribution in [0.15, 0.2) is 18.3 Å². The number of carbonyl (C=O) groups excluding carboxylic acids is 3. The Bertz CT molecular complexity index is 720. The molecule has 1 aliphatic rings. The molecule has 1 aromatic rings. The van der Waals surface area contributed by atoms with E-state index in [4.69, 9.17) is 0 Å². The number of hydrazine groups is 1. The molecule has 160 valence electrons. The average molecular weight is 411 g/mol. The number of rotatable bonds is 11. The number of amides is 2. The van der Waals surface area contributed by atoms with Gasteiger partial charge in [-0.3, -0.25) is 14.6 Å². The van der Waals surface area contributed by atoms with Crippen LogP contribution in [0.3, 0.4) is 0 Å². The second kappa shape index (κ2) is 11.3. The molecule has 11 heteroatoms. The summed E-state index contributed by atoms with van der Waals surface area (Å²) in [6.07, 6.45) is 4.37. The zero-order chi connectivity index (χ0) is 21.2. The van der Waals surface area contributed by atoms with E-state index >= 15 is 0 Å². The monoisotopic (exact) mass is 411 g/mol. The van der Waals surface area contributed by atoms with E-state index in [2.05, 4.69) is 21.1 Å². The van der Waals surface area contributed by atoms with E-state index in [0.717, 1.165) is 31.4 Å². The third kappa shape index (κ3) is 6.36. The number of halogens is 1. The minimum atomic E-state index is -0.826. The maximum absolute atomic E-state index is 13.1. The van der Waals surface area contributed by atoms with Gasteiger partial charge in [-0.15, -0.1) is 0 Å². The Morgan fingerprint density at radius 3 is 2.97 bits per heavy atom. The number of hydrogen-bond acceptors (Lipinski definition) is 7. The Balaban J connectivity index is 2.05. The molecule has 0 bridgehead atoms. The van der Waals surface area contributed by atoms with Gasteiger partial charge in [0.15, 0.2) is 11.9 Å². The van der Waals surface area contributed by atoms with Crippen molar-refractivity contribution in [3.63, 3.8) is 0 Å². The van der Waals surface area contributed by atoms with Gasteiger partial charge in [0.2, 0.25) is 5.91 Å². The molecule has 0 aromatic carbocycles. The first-order chi connectivity index (χ1) is 14.0. The second-order valence-corrected chi connectivity index (χ2v) is 6.72. The van der Waals surface area contributed by atoms with Crippen molar-refractivity contribution in [2.45, 2.75) is 45.1 Å². The summed E-state index contributed by atoms with van der Waals surface area (Å²) in [5.74, 6) is -2.22. The molecule has 0 aliphatic carbocycles. The molecule has 10 nitrogen and oxygen atoms in total. The van der Waals surface area contributed by atoms with Gasteiger partial charge in [0.1, 0.15) is 6.20 Å². The van der Waals surface area contributed by atoms with E-state index in [-0.39, 0.29) is 29.5 Å². The minimum Gasteiger partial charge on any atom is -0.711 e. The van der Waals surface area contributed by atoms with E-state index < -0.39 is 23.7 Å². The van der Waals surface area contributed by atoms with Crippen LogP contribution in [0.1, 0.15) is 39.0 Å². The van der Waals surface area contributed by atoms with Crippen molar-refractivity contribution < 1.29 is 28.3 Å². The van der Waals surface area contributed by atoms with E-state index in [1.807, 2.05) is 6.92 Å². The molecule has 1 aromatic heterocycles. The predicted octanol–water partition coefficient (Wildman–Crippen LogP) is 0.377. The van der Waals surface area contributed by atoms with Crippen molar-refractivity contribution in [1.29, 1.82) is 0 Å². The Morgan fingerprint density at radius 2 is 2.28 bits per heavy atom. The Morgan fingerprint density at radius 1 is 1.48 bits per heavy atom. The van der Waals surface area contributed by atoms with Crippen LogP contribution in [-0.2, 0) is 19.2 Å². The number of anilines is 1. The zero-order valence-electron chi connectivity index (χ0n) is 16.2. The molecule has 1 aliphatic heterocycles. The molecule has 2 heterocycles. The van der Waals surface area contributed by atoms with Crippen LogP contribution in [0.25, 0.3) is 0 Å². The summed E-state index contributed by atoms with van der Waals surface area (Å²) in [7, 11) is 0. The molecular formula is C18H26FN5O5. The van der Waals surface area contributed by atoms with Crippen LogP contribution < -0.4 is 21.0 Å². The smallest absolute Gasteiger partial charge is 0.331 e. The topological polar surface area (TPSA) is 127 Å². The van der Waals surface area contributed by atoms with Crippen molar-refractivity contribution in [2.75, 3.05) is 18.4 Å². The summed E-state index contributed by atoms with van der Waals surface area (Å²) in [6.45, 7) is 2.81. The fourth-order valence-electron chi connectivity index (χ4n) is 3.14. The summed E-state index contributed by atoms with van der Waals surface area (Å²) in [6, 6.07) is 1.39. The van der Waals surface area contributed by atoms with Crippen molar-refractivity contribution in [1.82, 2.24) is 15.9 Å². The van der Waals surface area contributed by atoms with Gasteiger partial charge >= 0.3 is 12.4 Å². The number of hydroxylamine groups is 1. The van der Waals surface area contributed by atoms with Gasteiger partial charge in [-0.1, -0.05) is 26.2 Å². The van der Waals surface area contributed by atoms with Gasteiger partial charge in [-0.05, 0) is 18.9 Å². The molecule has 29 heavy (non-hydrogen) atoms. The van der Waals surface area contributed by atoms with Crippen LogP contribution in [-0.4, -0.2) is 42.4 Å². The Kier molecular flexibility index (Phi) is 8.74. The van der Waals surface area contributed by atoms with Crippen molar-refractivity contribution in [3.8, 4) is 0 Å². The lowest BCUT2D eigenvalue weighted by molar-refractivity contribution is -0.591. The van der Waals surface area contributed by atoms with Crippen LogP contribution >= 0.6 is 0 Å². The number of unbranched alkanes of at least 4 members (excludes halogenated alkanes) is 2. The Hall–Kier alpha value is -2.79. The lowest BCUT2D eigenvalue weighted by Gasteiger charge is -2.26. The molecule has 3 N–H and O–H groups in total. The molecule has 0 spiro atoms. The molecule has 0 saturated carbocycles. The quantitative estimate of drug-likeness (QED) is 0.158. The molecule has 2 atom stereocenters. The van der Waals surface area contributed by atoms with E-state index in [0.29, 0.717) is 25.6 Å². The van der Waals surface area contributed by atoms with E-state index in [9.17, 15) is 24.0 Å². The van der Waals surface area contributed by atoms with Crippen LogP contribution in [0, 0.1) is 16.9 Å². The first-order valence-corrected chi connectivity index (χ1v) is 9.56. The second-order valence-electron chi connectivity index (χ2n) is 6.72. The average Bonchev–Trinajstić information content (AvgIpc) is 3.18. The molecule has 2 rings (SSSR count). The normalized spacial score (nSPS) is 17.0. The van der Waals surface area contributed by atoms with Gasteiger partial charge in [-0.2, -0.15) is 5.48 Å². The maximum atomic E-state index is 13.1. The highest BCUT2D eigenvalue weighted by Gasteiger charge is 2.39. The number of pyridine rings is 1. The van der Waals surface area contributed by atoms with Gasteiger partial charge in [0.25, 0.3) is 5.82 Å². The van der Waals surface area contributed by atoms with Crippen molar-refractivity contribution in [3.05, 3.63) is 29.4 Å². The van der Waals surface area contributed by atoms with Gasteiger partial charge in [0, 0.05) is 19.2 Å². The van der Waals surface area contributed by atoms with E-state index in [1.165, 1.54) is 5.01 Å².